The molecular formula is C25H20F3N3O6S. The van der Waals surface area contributed by atoms with Crippen LogP contribution in [0, 0.1) is 17.2 Å². The van der Waals surface area contributed by atoms with Gasteiger partial charge in [-0.3, -0.25) is 14.4 Å². The second-order valence-corrected chi connectivity index (χ2v) is 8.80. The number of carbonyl (C=O) groups excluding carboxylic acids is 4. The summed E-state index contributed by atoms with van der Waals surface area (Å²) in [5, 5.41) is 14.5. The van der Waals surface area contributed by atoms with Gasteiger partial charge in [-0.1, -0.05) is 36.0 Å². The maximum Gasteiger partial charge on any atom is 0.418 e. The molecule has 0 bridgehead atoms. The molecule has 0 unspecified atom stereocenters. The third-order valence-electron chi connectivity index (χ3n) is 5.53. The quantitative estimate of drug-likeness (QED) is 0.397. The van der Waals surface area contributed by atoms with Crippen LogP contribution in [0.2, 0.25) is 0 Å². The van der Waals surface area contributed by atoms with Gasteiger partial charge in [-0.05, 0) is 29.8 Å². The lowest BCUT2D eigenvalue weighted by Crippen LogP contribution is -2.44. The number of halogens is 3. The average Bonchev–Trinajstić information content (AvgIpc) is 2.90. The number of nitrogens with zero attached hydrogens (tertiary/aromatic N) is 1. The summed E-state index contributed by atoms with van der Waals surface area (Å²) in [7, 11) is 2.28. The van der Waals surface area contributed by atoms with Crippen LogP contribution in [0.3, 0.4) is 0 Å². The normalized spacial score (nSPS) is 17.2. The van der Waals surface area contributed by atoms with Gasteiger partial charge in [0.2, 0.25) is 11.8 Å². The smallest absolute Gasteiger partial charge is 0.418 e. The van der Waals surface area contributed by atoms with E-state index in [0.29, 0.717) is 17.3 Å². The van der Waals surface area contributed by atoms with Gasteiger partial charge in [0.25, 0.3) is 0 Å². The van der Waals surface area contributed by atoms with Crippen molar-refractivity contribution in [2.24, 2.45) is 5.92 Å². The SMILES string of the molecule is COC(=O)c1ccc([C@H]2C(C#N)=C(SCC(=O)Nc3ccccc3C(F)(F)F)NC(=O)[C@@H]2C(=O)OC)cc1. The molecule has 38 heavy (non-hydrogen) atoms. The van der Waals surface area contributed by atoms with E-state index in [1.54, 1.807) is 0 Å². The topological polar surface area (TPSA) is 135 Å². The first kappa shape index (κ1) is 28.3. The fourth-order valence-electron chi connectivity index (χ4n) is 3.79. The lowest BCUT2D eigenvalue weighted by molar-refractivity contribution is -0.150. The third-order valence-corrected chi connectivity index (χ3v) is 6.55. The Morgan fingerprint density at radius 2 is 1.74 bits per heavy atom. The number of nitrogens with one attached hydrogen (secondary N) is 2. The van der Waals surface area contributed by atoms with Gasteiger partial charge in [0, 0.05) is 5.92 Å². The van der Waals surface area contributed by atoms with Crippen molar-refractivity contribution < 1.29 is 41.8 Å². The number of hydrogen-bond acceptors (Lipinski definition) is 8. The predicted octanol–water partition coefficient (Wildman–Crippen LogP) is 3.60. The number of nitriles is 1. The Bertz CT molecular complexity index is 1340. The Hall–Kier alpha value is -4.31. The molecule has 0 radical (unpaired) electrons. The number of carbonyl (C=O) groups is 4. The lowest BCUT2D eigenvalue weighted by atomic mass is 9.78. The molecule has 2 aromatic rings. The van der Waals surface area contributed by atoms with Crippen molar-refractivity contribution in [3.63, 3.8) is 0 Å². The fraction of sp³-hybridized carbons (Fsp3) is 0.240. The summed E-state index contributed by atoms with van der Waals surface area (Å²) in [6, 6.07) is 12.1. The number of hydrogen-bond donors (Lipinski definition) is 2. The second kappa shape index (κ2) is 11.8. The Kier molecular flexibility index (Phi) is 8.80. The van der Waals surface area contributed by atoms with Gasteiger partial charge < -0.3 is 20.1 Å². The number of ether oxygens (including phenoxy) is 2. The second-order valence-electron chi connectivity index (χ2n) is 7.82. The minimum atomic E-state index is -4.69. The molecule has 2 N–H and O–H groups in total. The third kappa shape index (κ3) is 6.15. The molecule has 3 rings (SSSR count). The number of para-hydroxylation sites is 1. The number of anilines is 1. The van der Waals surface area contributed by atoms with Gasteiger partial charge in [0.15, 0.2) is 0 Å². The van der Waals surface area contributed by atoms with Crippen molar-refractivity contribution >= 4 is 41.2 Å². The molecular weight excluding hydrogens is 527 g/mol. The van der Waals surface area contributed by atoms with E-state index in [2.05, 4.69) is 15.4 Å². The number of thioether (sulfide) groups is 1. The number of esters is 2. The number of benzene rings is 2. The summed E-state index contributed by atoms with van der Waals surface area (Å²) < 4.78 is 49.1. The van der Waals surface area contributed by atoms with E-state index < -0.39 is 58.8 Å². The molecule has 1 aliphatic rings. The number of methoxy groups -OCH3 is 2. The van der Waals surface area contributed by atoms with Crippen LogP contribution in [0.4, 0.5) is 18.9 Å². The summed E-state index contributed by atoms with van der Waals surface area (Å²) in [6.07, 6.45) is -4.69. The van der Waals surface area contributed by atoms with E-state index >= 15 is 0 Å². The Labute approximate surface area is 219 Å². The van der Waals surface area contributed by atoms with Crippen molar-refractivity contribution in [2.75, 3.05) is 25.3 Å². The maximum absolute atomic E-state index is 13.2. The average molecular weight is 548 g/mol. The van der Waals surface area contributed by atoms with Crippen molar-refractivity contribution in [3.8, 4) is 6.07 Å². The van der Waals surface area contributed by atoms with Crippen molar-refractivity contribution in [1.82, 2.24) is 5.32 Å². The number of amides is 2. The predicted molar refractivity (Wildman–Crippen MR) is 129 cm³/mol. The minimum absolute atomic E-state index is 0.0426. The molecule has 2 atom stereocenters. The van der Waals surface area contributed by atoms with Crippen LogP contribution in [0.15, 0.2) is 59.1 Å². The summed E-state index contributed by atoms with van der Waals surface area (Å²) in [6.45, 7) is 0. The highest BCUT2D eigenvalue weighted by atomic mass is 32.2. The van der Waals surface area contributed by atoms with Crippen LogP contribution in [-0.4, -0.2) is 43.7 Å². The molecule has 0 fully saturated rings. The molecule has 9 nitrogen and oxygen atoms in total. The van der Waals surface area contributed by atoms with E-state index in [1.165, 1.54) is 43.5 Å². The van der Waals surface area contributed by atoms with Crippen molar-refractivity contribution in [1.29, 1.82) is 5.26 Å². The van der Waals surface area contributed by atoms with Crippen LogP contribution < -0.4 is 10.6 Å². The molecule has 0 aliphatic carbocycles. The van der Waals surface area contributed by atoms with Gasteiger partial charge >= 0.3 is 18.1 Å². The summed E-state index contributed by atoms with van der Waals surface area (Å²) in [5.41, 5.74) is -1.01. The number of allylic oxidation sites excluding steroid dienone is 1. The minimum Gasteiger partial charge on any atom is -0.468 e. The zero-order valence-corrected chi connectivity index (χ0v) is 20.7. The molecule has 0 saturated heterocycles. The molecule has 0 aromatic heterocycles. The molecule has 0 spiro atoms. The van der Waals surface area contributed by atoms with E-state index in [1.807, 2.05) is 6.07 Å². The molecule has 2 aromatic carbocycles. The first-order valence-electron chi connectivity index (χ1n) is 10.8. The monoisotopic (exact) mass is 547 g/mol. The zero-order chi connectivity index (χ0) is 28.0. The summed E-state index contributed by atoms with van der Waals surface area (Å²) >= 11 is 0.712. The highest BCUT2D eigenvalue weighted by molar-refractivity contribution is 8.03. The Morgan fingerprint density at radius 3 is 2.32 bits per heavy atom. The first-order chi connectivity index (χ1) is 18.0. The molecule has 0 saturated carbocycles. The summed E-state index contributed by atoms with van der Waals surface area (Å²) in [5.74, 6) is -6.18. The van der Waals surface area contributed by atoms with Crippen LogP contribution in [0.1, 0.15) is 27.4 Å². The lowest BCUT2D eigenvalue weighted by Gasteiger charge is -2.31. The zero-order valence-electron chi connectivity index (χ0n) is 19.9. The molecule has 1 aliphatic heterocycles. The molecule has 1 heterocycles. The van der Waals surface area contributed by atoms with Crippen molar-refractivity contribution in [3.05, 3.63) is 75.8 Å². The highest BCUT2D eigenvalue weighted by Gasteiger charge is 2.44. The Morgan fingerprint density at radius 1 is 1.08 bits per heavy atom. The molecule has 2 amide bonds. The largest absolute Gasteiger partial charge is 0.468 e. The van der Waals surface area contributed by atoms with Crippen LogP contribution >= 0.6 is 11.8 Å². The van der Waals surface area contributed by atoms with Gasteiger partial charge in [0.1, 0.15) is 5.92 Å². The van der Waals surface area contributed by atoms with Crippen LogP contribution in [0.5, 0.6) is 0 Å². The van der Waals surface area contributed by atoms with E-state index in [-0.39, 0.29) is 16.2 Å². The van der Waals surface area contributed by atoms with E-state index in [9.17, 15) is 37.6 Å². The first-order valence-corrected chi connectivity index (χ1v) is 11.8. The summed E-state index contributed by atoms with van der Waals surface area (Å²) in [4.78, 5) is 49.6. The van der Waals surface area contributed by atoms with Crippen LogP contribution in [-0.2, 0) is 30.0 Å². The van der Waals surface area contributed by atoms with Gasteiger partial charge in [-0.15, -0.1) is 0 Å². The molecule has 13 heteroatoms. The van der Waals surface area contributed by atoms with E-state index in [4.69, 9.17) is 4.74 Å². The highest BCUT2D eigenvalue weighted by Crippen LogP contribution is 2.40. The number of rotatable bonds is 7. The van der Waals surface area contributed by atoms with Crippen LogP contribution in [0.25, 0.3) is 0 Å². The fourth-order valence-corrected chi connectivity index (χ4v) is 4.64. The standard InChI is InChI=1S/C25H20F3N3O6S/c1-36-23(34)14-9-7-13(8-10-14)19-15(11-29)22(31-21(33)20(19)24(35)37-2)38-12-18(32)30-17-6-4-3-5-16(17)25(26,27)28/h3-10,19-20H,12H2,1-2H3,(H,30,32)(H,31,33)/t19-,20+/m0/s1. The maximum atomic E-state index is 13.2. The number of alkyl halides is 3. The van der Waals surface area contributed by atoms with Gasteiger partial charge in [-0.2, -0.15) is 18.4 Å². The molecule has 198 valence electrons. The van der Waals surface area contributed by atoms with E-state index in [0.717, 1.165) is 19.2 Å². The van der Waals surface area contributed by atoms with Gasteiger partial charge in [0.05, 0.1) is 53.5 Å². The Balaban J connectivity index is 1.91. The van der Waals surface area contributed by atoms with Crippen molar-refractivity contribution in [2.45, 2.75) is 12.1 Å². The van der Waals surface area contributed by atoms with Gasteiger partial charge in [-0.25, -0.2) is 4.79 Å².